The molecule has 6 heteroatoms. The first kappa shape index (κ1) is 14.6. The molecule has 0 saturated carbocycles. The van der Waals surface area contributed by atoms with Crippen molar-refractivity contribution >= 4 is 11.6 Å². The zero-order valence-corrected chi connectivity index (χ0v) is 11.7. The Bertz CT molecular complexity index is 466. The number of carbonyl (C=O) groups is 1. The van der Waals surface area contributed by atoms with Crippen LogP contribution in [0.1, 0.15) is 13.8 Å². The molecular formula is C14H20N2O4. The van der Waals surface area contributed by atoms with Crippen molar-refractivity contribution in [2.45, 2.75) is 25.7 Å². The molecule has 0 atom stereocenters. The number of benzene rings is 1. The summed E-state index contributed by atoms with van der Waals surface area (Å²) in [5.41, 5.74) is 5.92. The highest BCUT2D eigenvalue weighted by atomic mass is 16.7. The Morgan fingerprint density at radius 1 is 1.45 bits per heavy atom. The molecule has 1 heterocycles. The molecule has 0 radical (unpaired) electrons. The molecule has 1 aliphatic rings. The van der Waals surface area contributed by atoms with E-state index in [0.717, 1.165) is 5.69 Å². The lowest BCUT2D eigenvalue weighted by molar-refractivity contribution is -0.247. The molecule has 20 heavy (non-hydrogen) atoms. The molecule has 2 rings (SSSR count). The molecule has 1 aromatic rings. The number of amides is 1. The van der Waals surface area contributed by atoms with Crippen molar-refractivity contribution in [3.63, 3.8) is 0 Å². The Hall–Kier alpha value is -1.79. The van der Waals surface area contributed by atoms with Crippen molar-refractivity contribution in [1.82, 2.24) is 0 Å². The van der Waals surface area contributed by atoms with Crippen molar-refractivity contribution in [3.05, 3.63) is 24.3 Å². The van der Waals surface area contributed by atoms with Crippen LogP contribution in [-0.4, -0.2) is 37.6 Å². The lowest BCUT2D eigenvalue weighted by Crippen LogP contribution is -2.45. The van der Waals surface area contributed by atoms with Gasteiger partial charge < -0.3 is 25.3 Å². The molecule has 1 aromatic carbocycles. The molecule has 0 unspecified atom stereocenters. The number of primary amides is 1. The zero-order valence-electron chi connectivity index (χ0n) is 11.7. The highest BCUT2D eigenvalue weighted by Gasteiger charge is 2.28. The van der Waals surface area contributed by atoms with E-state index in [1.54, 1.807) is 6.07 Å². The molecule has 1 saturated heterocycles. The second-order valence-electron chi connectivity index (χ2n) is 5.15. The first-order chi connectivity index (χ1) is 9.44. The molecule has 0 aliphatic carbocycles. The third-order valence-corrected chi connectivity index (χ3v) is 2.85. The number of carbonyl (C=O) groups excluding carboxylic acids is 1. The Kier molecular flexibility index (Phi) is 4.46. The summed E-state index contributed by atoms with van der Waals surface area (Å²) in [6.45, 7) is 4.79. The third-order valence-electron chi connectivity index (χ3n) is 2.85. The van der Waals surface area contributed by atoms with Crippen molar-refractivity contribution in [2.24, 2.45) is 5.73 Å². The van der Waals surface area contributed by atoms with Gasteiger partial charge in [-0.1, -0.05) is 6.07 Å². The summed E-state index contributed by atoms with van der Waals surface area (Å²) in [5, 5.41) is 3.30. The van der Waals surface area contributed by atoms with Crippen LogP contribution in [0.3, 0.4) is 0 Å². The predicted molar refractivity (Wildman–Crippen MR) is 74.5 cm³/mol. The van der Waals surface area contributed by atoms with E-state index >= 15 is 0 Å². The van der Waals surface area contributed by atoms with Crippen LogP contribution in [0.5, 0.6) is 5.75 Å². The molecule has 110 valence electrons. The lowest BCUT2D eigenvalue weighted by atomic mass is 10.2. The number of ether oxygens (including phenoxy) is 3. The van der Waals surface area contributed by atoms with Gasteiger partial charge in [-0.15, -0.1) is 0 Å². The van der Waals surface area contributed by atoms with Gasteiger partial charge in [0.15, 0.2) is 12.4 Å². The van der Waals surface area contributed by atoms with Crippen LogP contribution in [0.4, 0.5) is 5.69 Å². The Morgan fingerprint density at radius 2 is 2.15 bits per heavy atom. The van der Waals surface area contributed by atoms with Crippen LogP contribution in [0, 0.1) is 0 Å². The largest absolute Gasteiger partial charge is 0.484 e. The molecule has 3 N–H and O–H groups in total. The minimum atomic E-state index is -0.523. The number of nitrogens with two attached hydrogens (primary N) is 1. The fourth-order valence-electron chi connectivity index (χ4n) is 1.84. The fraction of sp³-hybridized carbons (Fsp3) is 0.500. The summed E-state index contributed by atoms with van der Waals surface area (Å²) in [6.07, 6.45) is 0. The lowest BCUT2D eigenvalue weighted by Gasteiger charge is -2.35. The van der Waals surface area contributed by atoms with Crippen molar-refractivity contribution in [3.8, 4) is 5.75 Å². The Morgan fingerprint density at radius 3 is 2.80 bits per heavy atom. The molecule has 1 amide bonds. The normalized spacial score (nSPS) is 18.5. The third kappa shape index (κ3) is 4.40. The van der Waals surface area contributed by atoms with Crippen molar-refractivity contribution < 1.29 is 19.0 Å². The first-order valence-electron chi connectivity index (χ1n) is 6.50. The van der Waals surface area contributed by atoms with Gasteiger partial charge in [0.05, 0.1) is 19.3 Å². The molecule has 0 spiro atoms. The maximum absolute atomic E-state index is 10.7. The summed E-state index contributed by atoms with van der Waals surface area (Å²) in [5.74, 6) is -0.434. The van der Waals surface area contributed by atoms with Crippen LogP contribution in [0.15, 0.2) is 24.3 Å². The summed E-state index contributed by atoms with van der Waals surface area (Å²) in [7, 11) is 0. The number of hydrogen-bond acceptors (Lipinski definition) is 5. The maximum atomic E-state index is 10.7. The van der Waals surface area contributed by atoms with Crippen LogP contribution in [0.2, 0.25) is 0 Å². The van der Waals surface area contributed by atoms with Crippen LogP contribution < -0.4 is 15.8 Å². The molecule has 1 fully saturated rings. The minimum absolute atomic E-state index is 0.0782. The molecule has 0 aromatic heterocycles. The molecule has 6 nitrogen and oxygen atoms in total. The Balaban J connectivity index is 1.90. The van der Waals surface area contributed by atoms with Gasteiger partial charge in [0.2, 0.25) is 0 Å². The first-order valence-corrected chi connectivity index (χ1v) is 6.50. The number of rotatable bonds is 5. The van der Waals surface area contributed by atoms with Gasteiger partial charge in [0.25, 0.3) is 5.91 Å². The van der Waals surface area contributed by atoms with Crippen LogP contribution in [0.25, 0.3) is 0 Å². The Labute approximate surface area is 118 Å². The van der Waals surface area contributed by atoms with E-state index in [1.165, 1.54) is 0 Å². The maximum Gasteiger partial charge on any atom is 0.255 e. The summed E-state index contributed by atoms with van der Waals surface area (Å²) >= 11 is 0. The van der Waals surface area contributed by atoms with E-state index in [9.17, 15) is 4.79 Å². The second kappa shape index (κ2) is 6.11. The van der Waals surface area contributed by atoms with E-state index in [0.29, 0.717) is 19.0 Å². The van der Waals surface area contributed by atoms with Crippen molar-refractivity contribution in [1.29, 1.82) is 0 Å². The van der Waals surface area contributed by atoms with Gasteiger partial charge in [-0.2, -0.15) is 0 Å². The van der Waals surface area contributed by atoms with Gasteiger partial charge in [-0.3, -0.25) is 4.79 Å². The quantitative estimate of drug-likeness (QED) is 0.844. The van der Waals surface area contributed by atoms with E-state index in [-0.39, 0.29) is 12.6 Å². The smallest absolute Gasteiger partial charge is 0.255 e. The highest BCUT2D eigenvalue weighted by Crippen LogP contribution is 2.22. The molecular weight excluding hydrogens is 260 g/mol. The van der Waals surface area contributed by atoms with Gasteiger partial charge in [0.1, 0.15) is 5.75 Å². The van der Waals surface area contributed by atoms with E-state index < -0.39 is 11.7 Å². The zero-order chi connectivity index (χ0) is 14.6. The SMILES string of the molecule is CC1(C)OCC(Nc2cccc(OCC(N)=O)c2)CO1. The fourth-order valence-corrected chi connectivity index (χ4v) is 1.84. The van der Waals surface area contributed by atoms with Crippen molar-refractivity contribution in [2.75, 3.05) is 25.1 Å². The van der Waals surface area contributed by atoms with E-state index in [1.807, 2.05) is 32.0 Å². The van der Waals surface area contributed by atoms with Gasteiger partial charge in [-0.05, 0) is 26.0 Å². The topological polar surface area (TPSA) is 82.8 Å². The molecule has 1 aliphatic heterocycles. The second-order valence-corrected chi connectivity index (χ2v) is 5.15. The van der Waals surface area contributed by atoms with E-state index in [2.05, 4.69) is 5.32 Å². The monoisotopic (exact) mass is 280 g/mol. The highest BCUT2D eigenvalue weighted by molar-refractivity contribution is 5.75. The van der Waals surface area contributed by atoms with Gasteiger partial charge in [-0.25, -0.2) is 0 Å². The summed E-state index contributed by atoms with van der Waals surface area (Å²) < 4.78 is 16.4. The average Bonchev–Trinajstić information content (AvgIpc) is 2.39. The molecule has 0 bridgehead atoms. The van der Waals surface area contributed by atoms with Gasteiger partial charge in [0, 0.05) is 11.8 Å². The van der Waals surface area contributed by atoms with E-state index in [4.69, 9.17) is 19.9 Å². The number of hydrogen-bond donors (Lipinski definition) is 2. The summed E-state index contributed by atoms with van der Waals surface area (Å²) in [6, 6.07) is 7.41. The van der Waals surface area contributed by atoms with Crippen LogP contribution in [-0.2, 0) is 14.3 Å². The summed E-state index contributed by atoms with van der Waals surface area (Å²) in [4.78, 5) is 10.7. The average molecular weight is 280 g/mol. The predicted octanol–water partition coefficient (Wildman–Crippen LogP) is 1.11. The van der Waals surface area contributed by atoms with Crippen LogP contribution >= 0.6 is 0 Å². The number of nitrogens with one attached hydrogen (secondary N) is 1. The minimum Gasteiger partial charge on any atom is -0.484 e. The van der Waals surface area contributed by atoms with Gasteiger partial charge >= 0.3 is 0 Å². The number of anilines is 1. The standard InChI is InChI=1S/C14H20N2O4/c1-14(2)19-7-11(8-20-14)16-10-4-3-5-12(6-10)18-9-13(15)17/h3-6,11,16H,7-9H2,1-2H3,(H2,15,17).